The molecule has 1 aliphatic rings. The second-order valence-corrected chi connectivity index (χ2v) is 11.7. The Morgan fingerprint density at radius 2 is 1.97 bits per heavy atom. The number of hydrogen-bond acceptors (Lipinski definition) is 8. The van der Waals surface area contributed by atoms with Crippen molar-refractivity contribution in [3.05, 3.63) is 70.1 Å². The molecular formula is C25H23ClN6O3S2. The van der Waals surface area contributed by atoms with E-state index in [1.165, 1.54) is 35.0 Å². The highest BCUT2D eigenvalue weighted by Gasteiger charge is 2.32. The van der Waals surface area contributed by atoms with Crippen LogP contribution in [-0.4, -0.2) is 47.2 Å². The molecule has 0 amide bonds. The van der Waals surface area contributed by atoms with E-state index in [-0.39, 0.29) is 28.1 Å². The molecule has 0 spiro atoms. The highest BCUT2D eigenvalue weighted by molar-refractivity contribution is 7.92. The van der Waals surface area contributed by atoms with E-state index in [1.54, 1.807) is 29.8 Å². The van der Waals surface area contributed by atoms with Gasteiger partial charge in [-0.05, 0) is 56.3 Å². The highest BCUT2D eigenvalue weighted by atomic mass is 35.5. The molecule has 0 saturated carbocycles. The third-order valence-electron chi connectivity index (χ3n) is 6.13. The molecule has 0 unspecified atom stereocenters. The van der Waals surface area contributed by atoms with Gasteiger partial charge in [0.05, 0.1) is 27.7 Å². The molecule has 0 aliphatic carbocycles. The summed E-state index contributed by atoms with van der Waals surface area (Å²) in [5.41, 5.74) is 3.16. The molecule has 4 aromatic rings. The van der Waals surface area contributed by atoms with E-state index < -0.39 is 10.0 Å². The van der Waals surface area contributed by atoms with Crippen molar-refractivity contribution in [3.63, 3.8) is 0 Å². The van der Waals surface area contributed by atoms with E-state index in [0.29, 0.717) is 16.8 Å². The first kappa shape index (κ1) is 25.2. The Hall–Kier alpha value is -3.43. The summed E-state index contributed by atoms with van der Waals surface area (Å²) in [6.07, 6.45) is 1.74. The number of thiazole rings is 1. The average Bonchev–Trinajstić information content (AvgIpc) is 3.51. The van der Waals surface area contributed by atoms with Gasteiger partial charge in [-0.2, -0.15) is 10.4 Å². The lowest BCUT2D eigenvalue weighted by Crippen LogP contribution is -2.51. The molecule has 1 saturated heterocycles. The van der Waals surface area contributed by atoms with E-state index in [1.807, 2.05) is 16.8 Å². The van der Waals surface area contributed by atoms with E-state index >= 15 is 0 Å². The zero-order valence-electron chi connectivity index (χ0n) is 20.0. The summed E-state index contributed by atoms with van der Waals surface area (Å²) in [6, 6.07) is 14.0. The molecule has 2 aromatic carbocycles. The summed E-state index contributed by atoms with van der Waals surface area (Å²) in [4.78, 5) is 6.24. The molecule has 5 rings (SSSR count). The molecule has 37 heavy (non-hydrogen) atoms. The Balaban J connectivity index is 1.45. The first-order valence-corrected chi connectivity index (χ1v) is 14.3. The number of nitrogens with one attached hydrogen (secondary N) is 1. The maximum atomic E-state index is 12.8. The van der Waals surface area contributed by atoms with Crippen LogP contribution in [0.3, 0.4) is 0 Å². The predicted octanol–water partition coefficient (Wildman–Crippen LogP) is 5.39. The number of benzene rings is 2. The van der Waals surface area contributed by atoms with Gasteiger partial charge in [0.1, 0.15) is 17.6 Å². The first-order valence-electron chi connectivity index (χ1n) is 11.5. The van der Waals surface area contributed by atoms with Gasteiger partial charge in [-0.1, -0.05) is 11.6 Å². The molecule has 190 valence electrons. The van der Waals surface area contributed by atoms with Crippen LogP contribution in [0.4, 0.5) is 5.82 Å². The third kappa shape index (κ3) is 5.19. The van der Waals surface area contributed by atoms with Crippen LogP contribution in [0.2, 0.25) is 5.02 Å². The van der Waals surface area contributed by atoms with Gasteiger partial charge in [-0.3, -0.25) is 14.3 Å². The number of ether oxygens (including phenoxy) is 1. The minimum Gasteiger partial charge on any atom is -0.455 e. The minimum absolute atomic E-state index is 0.0708. The van der Waals surface area contributed by atoms with Crippen molar-refractivity contribution >= 4 is 38.8 Å². The van der Waals surface area contributed by atoms with E-state index in [2.05, 4.69) is 33.6 Å². The van der Waals surface area contributed by atoms with Gasteiger partial charge in [0.25, 0.3) is 10.0 Å². The zero-order valence-corrected chi connectivity index (χ0v) is 22.4. The Morgan fingerprint density at radius 3 is 2.68 bits per heavy atom. The Kier molecular flexibility index (Phi) is 6.92. The Bertz CT molecular complexity index is 1570. The number of nitrogens with zero attached hydrogens (tertiary/aromatic N) is 5. The van der Waals surface area contributed by atoms with E-state index in [4.69, 9.17) is 16.3 Å². The van der Waals surface area contributed by atoms with Crippen LogP contribution < -0.4 is 9.46 Å². The maximum absolute atomic E-state index is 12.8. The molecule has 0 radical (unpaired) electrons. The van der Waals surface area contributed by atoms with Crippen LogP contribution in [0, 0.1) is 11.3 Å². The molecular weight excluding hydrogens is 532 g/mol. The van der Waals surface area contributed by atoms with Crippen LogP contribution in [0.15, 0.2) is 64.4 Å². The fourth-order valence-corrected chi connectivity index (χ4v) is 5.86. The molecule has 9 nitrogen and oxygen atoms in total. The van der Waals surface area contributed by atoms with Crippen molar-refractivity contribution in [3.8, 4) is 28.8 Å². The van der Waals surface area contributed by atoms with Crippen LogP contribution in [0.5, 0.6) is 11.5 Å². The summed E-state index contributed by atoms with van der Waals surface area (Å²) in [6.45, 7) is 6.13. The SMILES string of the molecule is CC(C)N1CC(n2nccc2-c2cc(Cl)ccc2Oc2ccc(S(=O)(=O)Nc3cscn3)cc2C#N)C1. The second kappa shape index (κ2) is 10.1. The quantitative estimate of drug-likeness (QED) is 0.310. The van der Waals surface area contributed by atoms with E-state index in [0.717, 1.165) is 24.3 Å². The van der Waals surface area contributed by atoms with Crippen LogP contribution in [0.1, 0.15) is 25.5 Å². The van der Waals surface area contributed by atoms with Gasteiger partial charge >= 0.3 is 0 Å². The number of hydrogen-bond donors (Lipinski definition) is 1. The summed E-state index contributed by atoms with van der Waals surface area (Å²) >= 11 is 7.61. The van der Waals surface area contributed by atoms with Gasteiger partial charge in [0, 0.05) is 41.3 Å². The number of aromatic nitrogens is 3. The first-order chi connectivity index (χ1) is 17.7. The van der Waals surface area contributed by atoms with Crippen LogP contribution >= 0.6 is 22.9 Å². The van der Waals surface area contributed by atoms with Crippen molar-refractivity contribution < 1.29 is 13.2 Å². The lowest BCUT2D eigenvalue weighted by molar-refractivity contribution is 0.0684. The molecule has 0 bridgehead atoms. The third-order valence-corrected chi connectivity index (χ3v) is 8.30. The number of likely N-dealkylation sites (tertiary alicyclic amines) is 1. The Morgan fingerprint density at radius 1 is 1.19 bits per heavy atom. The van der Waals surface area contributed by atoms with Gasteiger partial charge in [0.15, 0.2) is 5.82 Å². The standard InChI is InChI=1S/C25H23ClN6O3S2/c1-16(2)31-12-19(13-31)32-22(7-8-29-32)21-10-18(26)3-5-24(21)35-23-6-4-20(9-17(23)11-27)37(33,34)30-25-14-36-15-28-25/h3-10,14-16,19,30H,12-13H2,1-2H3. The lowest BCUT2D eigenvalue weighted by atomic mass is 10.0. The van der Waals surface area contributed by atoms with Crippen molar-refractivity contribution in [1.29, 1.82) is 5.26 Å². The molecule has 1 aliphatic heterocycles. The van der Waals surface area contributed by atoms with Crippen LogP contribution in [-0.2, 0) is 10.0 Å². The topological polar surface area (TPSA) is 113 Å². The predicted molar refractivity (Wildman–Crippen MR) is 143 cm³/mol. The fraction of sp³-hybridized carbons (Fsp3) is 0.240. The maximum Gasteiger partial charge on any atom is 0.263 e. The van der Waals surface area contributed by atoms with Crippen molar-refractivity contribution in [2.75, 3.05) is 17.8 Å². The molecule has 1 fully saturated rings. The molecule has 3 heterocycles. The van der Waals surface area contributed by atoms with Crippen molar-refractivity contribution in [1.82, 2.24) is 19.7 Å². The van der Waals surface area contributed by atoms with Crippen LogP contribution in [0.25, 0.3) is 11.3 Å². The number of sulfonamides is 1. The second-order valence-electron chi connectivity index (χ2n) is 8.85. The molecule has 1 N–H and O–H groups in total. The average molecular weight is 555 g/mol. The zero-order chi connectivity index (χ0) is 26.2. The molecule has 12 heteroatoms. The van der Waals surface area contributed by atoms with Crippen molar-refractivity contribution in [2.24, 2.45) is 0 Å². The normalized spacial score (nSPS) is 14.4. The summed E-state index contributed by atoms with van der Waals surface area (Å²) in [5.74, 6) is 0.910. The van der Waals surface area contributed by atoms with Gasteiger partial charge in [-0.25, -0.2) is 13.4 Å². The molecule has 0 atom stereocenters. The smallest absolute Gasteiger partial charge is 0.263 e. The van der Waals surface area contributed by atoms with Gasteiger partial charge in [-0.15, -0.1) is 11.3 Å². The summed E-state index contributed by atoms with van der Waals surface area (Å²) in [5, 5.41) is 16.4. The number of rotatable bonds is 8. The number of anilines is 1. The number of halogens is 1. The summed E-state index contributed by atoms with van der Waals surface area (Å²) < 4.78 is 36.1. The highest BCUT2D eigenvalue weighted by Crippen LogP contribution is 2.39. The summed E-state index contributed by atoms with van der Waals surface area (Å²) in [7, 11) is -3.92. The van der Waals surface area contributed by atoms with Crippen molar-refractivity contribution in [2.45, 2.75) is 30.8 Å². The molecule has 2 aromatic heterocycles. The minimum atomic E-state index is -3.92. The fourth-order valence-electron chi connectivity index (χ4n) is 4.10. The Labute approximate surface area is 223 Å². The lowest BCUT2D eigenvalue weighted by Gasteiger charge is -2.42. The number of nitriles is 1. The monoisotopic (exact) mass is 554 g/mol. The van der Waals surface area contributed by atoms with Gasteiger partial charge in [0.2, 0.25) is 0 Å². The largest absolute Gasteiger partial charge is 0.455 e. The van der Waals surface area contributed by atoms with E-state index in [9.17, 15) is 13.7 Å². The van der Waals surface area contributed by atoms with Gasteiger partial charge < -0.3 is 4.74 Å².